The molecule has 0 radical (unpaired) electrons. The first-order chi connectivity index (χ1) is 9.39. The summed E-state index contributed by atoms with van der Waals surface area (Å²) >= 11 is 0. The van der Waals surface area contributed by atoms with Gasteiger partial charge >= 0.3 is 0 Å². The zero-order valence-electron chi connectivity index (χ0n) is 11.9. The maximum Gasteiger partial charge on any atom is 0.269 e. The molecule has 20 heavy (non-hydrogen) atoms. The van der Waals surface area contributed by atoms with Gasteiger partial charge in [-0.05, 0) is 38.7 Å². The number of carbonyl (C=O) groups excluding carboxylic acids is 1. The number of alkyl halides is 2. The summed E-state index contributed by atoms with van der Waals surface area (Å²) in [5, 5.41) is 6.89. The van der Waals surface area contributed by atoms with Gasteiger partial charge in [0.05, 0.1) is 0 Å². The molecule has 1 aromatic heterocycles. The van der Waals surface area contributed by atoms with Crippen molar-refractivity contribution in [2.75, 3.05) is 6.54 Å². The van der Waals surface area contributed by atoms with E-state index in [2.05, 4.69) is 10.4 Å². The molecule has 0 saturated heterocycles. The van der Waals surface area contributed by atoms with Crippen molar-refractivity contribution in [3.05, 3.63) is 18.0 Å². The SMILES string of the molecule is CC(C)n1nccc1C(=O)NCCC1CCC(F)(F)C1. The molecule has 1 unspecified atom stereocenters. The Bertz CT molecular complexity index is 471. The van der Waals surface area contributed by atoms with E-state index in [0.29, 0.717) is 25.1 Å². The number of carbonyl (C=O) groups is 1. The minimum Gasteiger partial charge on any atom is -0.351 e. The standard InChI is InChI=1S/C14H21F2N3O/c1-10(2)19-12(5-8-18-19)13(20)17-7-4-11-3-6-14(15,16)9-11/h5,8,10-11H,3-4,6-7,9H2,1-2H3,(H,17,20). The Morgan fingerprint density at radius 3 is 2.95 bits per heavy atom. The lowest BCUT2D eigenvalue weighted by atomic mass is 10.0. The van der Waals surface area contributed by atoms with Gasteiger partial charge in [0.25, 0.3) is 5.91 Å². The van der Waals surface area contributed by atoms with E-state index in [1.165, 1.54) is 0 Å². The molecule has 1 amide bonds. The van der Waals surface area contributed by atoms with Crippen LogP contribution in [-0.4, -0.2) is 28.2 Å². The first-order valence-electron chi connectivity index (χ1n) is 7.08. The van der Waals surface area contributed by atoms with Crippen molar-refractivity contribution in [2.24, 2.45) is 5.92 Å². The van der Waals surface area contributed by atoms with E-state index in [0.717, 1.165) is 0 Å². The van der Waals surface area contributed by atoms with Crippen LogP contribution in [0, 0.1) is 5.92 Å². The second-order valence-electron chi connectivity index (χ2n) is 5.76. The fraction of sp³-hybridized carbons (Fsp3) is 0.714. The normalized spacial score (nSPS) is 21.4. The van der Waals surface area contributed by atoms with Gasteiger partial charge in [0.15, 0.2) is 0 Å². The highest BCUT2D eigenvalue weighted by atomic mass is 19.3. The smallest absolute Gasteiger partial charge is 0.269 e. The lowest BCUT2D eigenvalue weighted by Crippen LogP contribution is -2.28. The van der Waals surface area contributed by atoms with Gasteiger partial charge in [0, 0.05) is 31.6 Å². The molecule has 1 heterocycles. The van der Waals surface area contributed by atoms with Crippen LogP contribution in [0.1, 0.15) is 56.1 Å². The van der Waals surface area contributed by atoms with Crippen LogP contribution in [0.4, 0.5) is 8.78 Å². The van der Waals surface area contributed by atoms with E-state index < -0.39 is 5.92 Å². The first kappa shape index (κ1) is 14.9. The molecular weight excluding hydrogens is 264 g/mol. The maximum absolute atomic E-state index is 13.0. The van der Waals surface area contributed by atoms with Gasteiger partial charge in [-0.15, -0.1) is 0 Å². The number of nitrogens with one attached hydrogen (secondary N) is 1. The number of amides is 1. The second-order valence-corrected chi connectivity index (χ2v) is 5.76. The van der Waals surface area contributed by atoms with Crippen molar-refractivity contribution in [1.82, 2.24) is 15.1 Å². The Hall–Kier alpha value is -1.46. The van der Waals surface area contributed by atoms with E-state index in [1.807, 2.05) is 13.8 Å². The van der Waals surface area contributed by atoms with Gasteiger partial charge in [0.1, 0.15) is 5.69 Å². The quantitative estimate of drug-likeness (QED) is 0.904. The Labute approximate surface area is 117 Å². The van der Waals surface area contributed by atoms with Crippen molar-refractivity contribution in [1.29, 1.82) is 0 Å². The van der Waals surface area contributed by atoms with Gasteiger partial charge in [-0.1, -0.05) is 0 Å². The van der Waals surface area contributed by atoms with Crippen LogP contribution in [0.25, 0.3) is 0 Å². The van der Waals surface area contributed by atoms with E-state index in [1.54, 1.807) is 16.9 Å². The fourth-order valence-electron chi connectivity index (χ4n) is 2.67. The third-order valence-corrected chi connectivity index (χ3v) is 3.74. The minimum atomic E-state index is -2.51. The van der Waals surface area contributed by atoms with Gasteiger partial charge in [-0.2, -0.15) is 5.10 Å². The van der Waals surface area contributed by atoms with Gasteiger partial charge in [0.2, 0.25) is 5.92 Å². The van der Waals surface area contributed by atoms with Crippen LogP contribution in [0.3, 0.4) is 0 Å². The molecule has 6 heteroatoms. The Kier molecular flexibility index (Phi) is 4.40. The topological polar surface area (TPSA) is 46.9 Å². The average molecular weight is 285 g/mol. The average Bonchev–Trinajstić information content (AvgIpc) is 2.95. The van der Waals surface area contributed by atoms with Crippen LogP contribution < -0.4 is 5.32 Å². The third kappa shape index (κ3) is 3.55. The highest BCUT2D eigenvalue weighted by Crippen LogP contribution is 2.40. The molecular formula is C14H21F2N3O. The van der Waals surface area contributed by atoms with Crippen molar-refractivity contribution < 1.29 is 13.6 Å². The highest BCUT2D eigenvalue weighted by molar-refractivity contribution is 5.92. The minimum absolute atomic E-state index is 0.0142. The number of aromatic nitrogens is 2. The Morgan fingerprint density at radius 1 is 1.60 bits per heavy atom. The monoisotopic (exact) mass is 285 g/mol. The molecule has 4 nitrogen and oxygen atoms in total. The molecule has 1 aromatic rings. The van der Waals surface area contributed by atoms with Gasteiger partial charge in [-0.3, -0.25) is 9.48 Å². The summed E-state index contributed by atoms with van der Waals surface area (Å²) in [5.41, 5.74) is 0.511. The van der Waals surface area contributed by atoms with Crippen molar-refractivity contribution in [2.45, 2.75) is 51.5 Å². The van der Waals surface area contributed by atoms with Crippen molar-refractivity contribution >= 4 is 5.91 Å². The zero-order valence-corrected chi connectivity index (χ0v) is 11.9. The lowest BCUT2D eigenvalue weighted by molar-refractivity contribution is 0.00478. The molecule has 0 spiro atoms. The summed E-state index contributed by atoms with van der Waals surface area (Å²) in [6.45, 7) is 4.33. The summed E-state index contributed by atoms with van der Waals surface area (Å²) in [7, 11) is 0. The number of hydrogen-bond donors (Lipinski definition) is 1. The summed E-state index contributed by atoms with van der Waals surface area (Å²) in [6.07, 6.45) is 2.68. The molecule has 112 valence electrons. The number of rotatable bonds is 5. The molecule has 1 atom stereocenters. The molecule has 1 N–H and O–H groups in total. The molecule has 1 aliphatic rings. The Balaban J connectivity index is 1.80. The lowest BCUT2D eigenvalue weighted by Gasteiger charge is -2.13. The van der Waals surface area contributed by atoms with Crippen LogP contribution in [-0.2, 0) is 0 Å². The molecule has 1 saturated carbocycles. The summed E-state index contributed by atoms with van der Waals surface area (Å²) in [6, 6.07) is 1.78. The number of halogens is 2. The number of nitrogens with zero attached hydrogens (tertiary/aromatic N) is 2. The van der Waals surface area contributed by atoms with E-state index in [4.69, 9.17) is 0 Å². The van der Waals surface area contributed by atoms with E-state index in [9.17, 15) is 13.6 Å². The summed E-state index contributed by atoms with van der Waals surface area (Å²) in [5.74, 6) is -2.69. The molecule has 0 aromatic carbocycles. The predicted octanol–water partition coefficient (Wildman–Crippen LogP) is 3.02. The zero-order chi connectivity index (χ0) is 14.8. The van der Waals surface area contributed by atoms with Gasteiger partial charge < -0.3 is 5.32 Å². The first-order valence-corrected chi connectivity index (χ1v) is 7.08. The van der Waals surface area contributed by atoms with Crippen molar-refractivity contribution in [3.8, 4) is 0 Å². The third-order valence-electron chi connectivity index (χ3n) is 3.74. The van der Waals surface area contributed by atoms with Crippen LogP contribution >= 0.6 is 0 Å². The van der Waals surface area contributed by atoms with Gasteiger partial charge in [-0.25, -0.2) is 8.78 Å². The number of hydrogen-bond acceptors (Lipinski definition) is 2. The highest BCUT2D eigenvalue weighted by Gasteiger charge is 2.38. The van der Waals surface area contributed by atoms with Crippen LogP contribution in [0.15, 0.2) is 12.3 Å². The molecule has 0 bridgehead atoms. The van der Waals surface area contributed by atoms with E-state index >= 15 is 0 Å². The maximum atomic E-state index is 13.0. The summed E-state index contributed by atoms with van der Waals surface area (Å²) in [4.78, 5) is 12.0. The molecule has 1 fully saturated rings. The Morgan fingerprint density at radius 2 is 2.35 bits per heavy atom. The largest absolute Gasteiger partial charge is 0.351 e. The van der Waals surface area contributed by atoms with Crippen LogP contribution in [0.2, 0.25) is 0 Å². The fourth-order valence-corrected chi connectivity index (χ4v) is 2.67. The second kappa shape index (κ2) is 5.89. The molecule has 0 aliphatic heterocycles. The predicted molar refractivity (Wildman–Crippen MR) is 71.9 cm³/mol. The molecule has 1 aliphatic carbocycles. The van der Waals surface area contributed by atoms with Crippen LogP contribution in [0.5, 0.6) is 0 Å². The van der Waals surface area contributed by atoms with Crippen molar-refractivity contribution in [3.63, 3.8) is 0 Å². The van der Waals surface area contributed by atoms with E-state index in [-0.39, 0.29) is 30.7 Å². The molecule has 2 rings (SSSR count). The summed E-state index contributed by atoms with van der Waals surface area (Å²) < 4.78 is 27.7.